The van der Waals surface area contributed by atoms with Crippen LogP contribution in [-0.2, 0) is 11.3 Å². The molecule has 3 rings (SSSR count). The van der Waals surface area contributed by atoms with Gasteiger partial charge >= 0.3 is 0 Å². The van der Waals surface area contributed by atoms with Crippen molar-refractivity contribution >= 4 is 0 Å². The van der Waals surface area contributed by atoms with E-state index in [0.717, 1.165) is 36.9 Å². The summed E-state index contributed by atoms with van der Waals surface area (Å²) in [7, 11) is 0. The van der Waals surface area contributed by atoms with Crippen molar-refractivity contribution in [3.05, 3.63) is 41.2 Å². The Bertz CT molecular complexity index is 611. The molecule has 0 bridgehead atoms. The lowest BCUT2D eigenvalue weighted by Gasteiger charge is -2.34. The summed E-state index contributed by atoms with van der Waals surface area (Å²) in [6.07, 6.45) is 1.55. The van der Waals surface area contributed by atoms with Crippen molar-refractivity contribution in [2.24, 2.45) is 0 Å². The molecule has 0 saturated carbocycles. The molecule has 0 aliphatic carbocycles. The third-order valence-corrected chi connectivity index (χ3v) is 4.17. The maximum atomic E-state index is 5.61. The molecule has 2 aromatic heterocycles. The van der Waals surface area contributed by atoms with E-state index in [9.17, 15) is 0 Å². The second kappa shape index (κ2) is 6.54. The number of morpholine rings is 1. The monoisotopic (exact) mass is 301 g/mol. The summed E-state index contributed by atoms with van der Waals surface area (Å²) < 4.78 is 5.61. The van der Waals surface area contributed by atoms with Crippen LogP contribution in [0.3, 0.4) is 0 Å². The maximum absolute atomic E-state index is 5.61. The predicted octanol–water partition coefficient (Wildman–Crippen LogP) is 2.21. The molecule has 2 aromatic rings. The second-order valence-electron chi connectivity index (χ2n) is 6.07. The Morgan fingerprint density at radius 3 is 2.95 bits per heavy atom. The Morgan fingerprint density at radius 2 is 2.27 bits per heavy atom. The minimum Gasteiger partial charge on any atom is -0.378 e. The van der Waals surface area contributed by atoms with Crippen LogP contribution < -0.4 is 0 Å². The van der Waals surface area contributed by atoms with Gasteiger partial charge in [0.1, 0.15) is 12.2 Å². The lowest BCUT2D eigenvalue weighted by atomic mass is 10.1. The van der Waals surface area contributed by atoms with Crippen LogP contribution >= 0.6 is 0 Å². The molecule has 1 aliphatic heterocycles. The normalized spacial score (nSPS) is 19.7. The number of nitrogens with zero attached hydrogens (tertiary/aromatic N) is 4. The molecule has 1 saturated heterocycles. The first kappa shape index (κ1) is 15.1. The molecule has 6 heteroatoms. The van der Waals surface area contributed by atoms with Gasteiger partial charge in [-0.3, -0.25) is 15.0 Å². The fourth-order valence-corrected chi connectivity index (χ4v) is 2.77. The second-order valence-corrected chi connectivity index (χ2v) is 6.07. The highest BCUT2D eigenvalue weighted by Gasteiger charge is 2.27. The highest BCUT2D eigenvalue weighted by Crippen LogP contribution is 2.24. The molecule has 22 heavy (non-hydrogen) atoms. The molecule has 1 unspecified atom stereocenters. The quantitative estimate of drug-likeness (QED) is 0.938. The summed E-state index contributed by atoms with van der Waals surface area (Å²) in [5.41, 5.74) is 3.51. The van der Waals surface area contributed by atoms with Crippen LogP contribution in [0.5, 0.6) is 0 Å². The number of aromatic amines is 1. The maximum Gasteiger partial charge on any atom is 0.143 e. The third-order valence-electron chi connectivity index (χ3n) is 4.17. The first-order valence-corrected chi connectivity index (χ1v) is 7.78. The topological polar surface area (TPSA) is 66.9 Å². The summed E-state index contributed by atoms with van der Waals surface area (Å²) in [6.45, 7) is 9.56. The molecule has 3 heterocycles. The highest BCUT2D eigenvalue weighted by atomic mass is 16.5. The molecule has 1 N–H and O–H groups in total. The molecule has 0 spiro atoms. The van der Waals surface area contributed by atoms with E-state index in [4.69, 9.17) is 9.72 Å². The Labute approximate surface area is 130 Å². The molecule has 6 nitrogen and oxygen atoms in total. The van der Waals surface area contributed by atoms with E-state index in [1.54, 1.807) is 6.33 Å². The summed E-state index contributed by atoms with van der Waals surface area (Å²) in [5, 5.41) is 6.92. The number of pyridine rings is 1. The van der Waals surface area contributed by atoms with E-state index in [1.807, 2.05) is 0 Å². The zero-order valence-electron chi connectivity index (χ0n) is 13.4. The standard InChI is InChI=1S/C16H23N5O/c1-11(2)14-5-4-13(12(3)19-14)8-21-6-7-22-9-15(21)16-17-10-18-20-16/h4-5,10-11,15H,6-9H2,1-3H3,(H,17,18,20). The van der Waals surface area contributed by atoms with Crippen LogP contribution in [-0.4, -0.2) is 44.8 Å². The predicted molar refractivity (Wildman–Crippen MR) is 83.4 cm³/mol. The van der Waals surface area contributed by atoms with Crippen molar-refractivity contribution in [2.45, 2.75) is 39.3 Å². The van der Waals surface area contributed by atoms with Gasteiger partial charge < -0.3 is 4.74 Å². The van der Waals surface area contributed by atoms with Crippen LogP contribution in [0.25, 0.3) is 0 Å². The van der Waals surface area contributed by atoms with Crippen LogP contribution in [0.15, 0.2) is 18.5 Å². The van der Waals surface area contributed by atoms with E-state index in [0.29, 0.717) is 12.5 Å². The molecule has 0 radical (unpaired) electrons. The molecular weight excluding hydrogens is 278 g/mol. The lowest BCUT2D eigenvalue weighted by Crippen LogP contribution is -2.39. The average Bonchev–Trinajstić information content (AvgIpc) is 3.04. The Balaban J connectivity index is 1.78. The van der Waals surface area contributed by atoms with Gasteiger partial charge in [-0.15, -0.1) is 0 Å². The van der Waals surface area contributed by atoms with Crippen LogP contribution in [0.2, 0.25) is 0 Å². The van der Waals surface area contributed by atoms with E-state index >= 15 is 0 Å². The Morgan fingerprint density at radius 1 is 1.41 bits per heavy atom. The fourth-order valence-electron chi connectivity index (χ4n) is 2.77. The van der Waals surface area contributed by atoms with Crippen LogP contribution in [0, 0.1) is 6.92 Å². The van der Waals surface area contributed by atoms with Gasteiger partial charge in [-0.25, -0.2) is 4.98 Å². The number of rotatable bonds is 4. The third kappa shape index (κ3) is 3.18. The largest absolute Gasteiger partial charge is 0.378 e. The minimum atomic E-state index is 0.125. The average molecular weight is 301 g/mol. The molecular formula is C16H23N5O. The van der Waals surface area contributed by atoms with Gasteiger partial charge in [-0.1, -0.05) is 19.9 Å². The molecule has 1 fully saturated rings. The van der Waals surface area contributed by atoms with E-state index in [1.165, 1.54) is 5.56 Å². The zero-order chi connectivity index (χ0) is 15.5. The van der Waals surface area contributed by atoms with Crippen molar-refractivity contribution < 1.29 is 4.74 Å². The number of ether oxygens (including phenoxy) is 1. The van der Waals surface area contributed by atoms with Crippen molar-refractivity contribution in [3.8, 4) is 0 Å². The SMILES string of the molecule is Cc1nc(C(C)C)ccc1CN1CCOCC1c1ncn[nH]1. The number of aryl methyl sites for hydroxylation is 1. The van der Waals surface area contributed by atoms with Crippen molar-refractivity contribution in [2.75, 3.05) is 19.8 Å². The van der Waals surface area contributed by atoms with E-state index in [2.05, 4.69) is 53.0 Å². The van der Waals surface area contributed by atoms with Crippen LogP contribution in [0.1, 0.15) is 48.6 Å². The van der Waals surface area contributed by atoms with Crippen molar-refractivity contribution in [3.63, 3.8) is 0 Å². The summed E-state index contributed by atoms with van der Waals surface area (Å²) in [4.78, 5) is 11.4. The highest BCUT2D eigenvalue weighted by molar-refractivity contribution is 5.23. The molecule has 118 valence electrons. The molecule has 1 aliphatic rings. The summed E-state index contributed by atoms with van der Waals surface area (Å²) >= 11 is 0. The van der Waals surface area contributed by atoms with Gasteiger partial charge in [-0.2, -0.15) is 5.10 Å². The lowest BCUT2D eigenvalue weighted by molar-refractivity contribution is -0.0159. The number of hydrogen-bond donors (Lipinski definition) is 1. The number of H-pyrrole nitrogens is 1. The minimum absolute atomic E-state index is 0.125. The zero-order valence-corrected chi connectivity index (χ0v) is 13.4. The van der Waals surface area contributed by atoms with Gasteiger partial charge in [0.15, 0.2) is 0 Å². The smallest absolute Gasteiger partial charge is 0.143 e. The van der Waals surface area contributed by atoms with Gasteiger partial charge in [0.2, 0.25) is 0 Å². The molecule has 0 aromatic carbocycles. The van der Waals surface area contributed by atoms with E-state index in [-0.39, 0.29) is 6.04 Å². The first-order chi connectivity index (χ1) is 10.6. The van der Waals surface area contributed by atoms with Gasteiger partial charge in [0.25, 0.3) is 0 Å². The van der Waals surface area contributed by atoms with Crippen molar-refractivity contribution in [1.82, 2.24) is 25.1 Å². The van der Waals surface area contributed by atoms with Gasteiger partial charge in [0.05, 0.1) is 19.3 Å². The summed E-state index contributed by atoms with van der Waals surface area (Å²) in [6, 6.07) is 4.46. The number of hydrogen-bond acceptors (Lipinski definition) is 5. The molecule has 0 amide bonds. The molecule has 1 atom stereocenters. The summed E-state index contributed by atoms with van der Waals surface area (Å²) in [5.74, 6) is 1.32. The number of aromatic nitrogens is 4. The fraction of sp³-hybridized carbons (Fsp3) is 0.562. The van der Waals surface area contributed by atoms with E-state index < -0.39 is 0 Å². The Hall–Kier alpha value is -1.79. The van der Waals surface area contributed by atoms with Gasteiger partial charge in [0, 0.05) is 24.5 Å². The number of nitrogens with one attached hydrogen (secondary N) is 1. The Kier molecular flexibility index (Phi) is 4.49. The van der Waals surface area contributed by atoms with Crippen molar-refractivity contribution in [1.29, 1.82) is 0 Å². The van der Waals surface area contributed by atoms with Crippen LogP contribution in [0.4, 0.5) is 0 Å². The first-order valence-electron chi connectivity index (χ1n) is 7.78. The van der Waals surface area contributed by atoms with Gasteiger partial charge in [-0.05, 0) is 24.5 Å².